The minimum absolute atomic E-state index is 0.0545. The molecule has 2 aromatic rings. The Kier molecular flexibility index (Phi) is 6.39. The summed E-state index contributed by atoms with van der Waals surface area (Å²) in [6, 6.07) is 11.2. The summed E-state index contributed by atoms with van der Waals surface area (Å²) >= 11 is 6.05. The summed E-state index contributed by atoms with van der Waals surface area (Å²) in [6.45, 7) is 2.00. The van der Waals surface area contributed by atoms with Crippen molar-refractivity contribution in [2.24, 2.45) is 0 Å². The topological polar surface area (TPSA) is 79.3 Å². The number of hydrogen-bond donors (Lipinski definition) is 1. The molecule has 0 spiro atoms. The fourth-order valence-corrected chi connectivity index (χ4v) is 4.13. The van der Waals surface area contributed by atoms with Gasteiger partial charge in [0.1, 0.15) is 19.0 Å². The van der Waals surface area contributed by atoms with E-state index < -0.39 is 17.7 Å². The second-order valence-corrected chi connectivity index (χ2v) is 8.50. The summed E-state index contributed by atoms with van der Waals surface area (Å²) in [4.78, 5) is 29.6. The number of aliphatic hydroxyl groups is 1. The third-order valence-electron chi connectivity index (χ3n) is 5.55. The number of carbonyl (C=O) groups is 2. The van der Waals surface area contributed by atoms with Crippen LogP contribution in [0, 0.1) is 0 Å². The van der Waals surface area contributed by atoms with Gasteiger partial charge in [0.05, 0.1) is 11.6 Å². The van der Waals surface area contributed by atoms with Crippen molar-refractivity contribution in [1.82, 2.24) is 9.80 Å². The Labute approximate surface area is 191 Å². The highest BCUT2D eigenvalue weighted by Crippen LogP contribution is 2.41. The van der Waals surface area contributed by atoms with Gasteiger partial charge < -0.3 is 24.4 Å². The van der Waals surface area contributed by atoms with Crippen molar-refractivity contribution in [3.05, 3.63) is 64.2 Å². The number of Topliss-reactive ketones (excluding diaryl/α,β-unsaturated/α-hetero) is 1. The fraction of sp³-hybridized carbons (Fsp3) is 0.333. The van der Waals surface area contributed by atoms with Crippen LogP contribution < -0.4 is 9.47 Å². The van der Waals surface area contributed by atoms with Crippen LogP contribution >= 0.6 is 11.6 Å². The lowest BCUT2D eigenvalue weighted by molar-refractivity contribution is -0.139. The summed E-state index contributed by atoms with van der Waals surface area (Å²) in [7, 11) is 3.90. The Balaban J connectivity index is 1.77. The smallest absolute Gasteiger partial charge is 0.295 e. The van der Waals surface area contributed by atoms with Crippen LogP contribution in [0.2, 0.25) is 5.02 Å². The van der Waals surface area contributed by atoms with Crippen LogP contribution in [0.5, 0.6) is 11.5 Å². The van der Waals surface area contributed by atoms with Crippen molar-refractivity contribution in [2.45, 2.75) is 12.5 Å². The molecule has 1 N–H and O–H groups in total. The average Bonchev–Trinajstić information content (AvgIpc) is 3.03. The molecule has 2 aromatic carbocycles. The molecule has 4 rings (SSSR count). The SMILES string of the molecule is CN(C)CCCN1C(=O)C(=O)C(=C(O)c2ccc3c(c2)OCCO3)[C@@H]1c1ccc(Cl)cc1. The standard InChI is InChI=1S/C24H25ClN2O5/c1-26(2)10-3-11-27-21(15-4-7-17(25)8-5-15)20(23(29)24(27)30)22(28)16-6-9-18-19(14-16)32-13-12-31-18/h4-9,14,21,28H,3,10-13H2,1-2H3/t21-/m0/s1. The normalized spacial score (nSPS) is 19.6. The number of ketones is 1. The number of likely N-dealkylation sites (tertiary alicyclic amines) is 1. The number of benzene rings is 2. The largest absolute Gasteiger partial charge is 0.507 e. The Bertz CT molecular complexity index is 1060. The third-order valence-corrected chi connectivity index (χ3v) is 5.80. The minimum atomic E-state index is -0.706. The van der Waals surface area contributed by atoms with Gasteiger partial charge in [-0.3, -0.25) is 9.59 Å². The van der Waals surface area contributed by atoms with Gasteiger partial charge in [-0.25, -0.2) is 0 Å². The molecule has 0 radical (unpaired) electrons. The van der Waals surface area contributed by atoms with Gasteiger partial charge in [-0.2, -0.15) is 0 Å². The van der Waals surface area contributed by atoms with Crippen molar-refractivity contribution in [2.75, 3.05) is 40.4 Å². The molecule has 1 atom stereocenters. The maximum absolute atomic E-state index is 13.1. The zero-order valence-electron chi connectivity index (χ0n) is 18.0. The number of ether oxygens (including phenoxy) is 2. The second-order valence-electron chi connectivity index (χ2n) is 8.06. The number of fused-ring (bicyclic) bond motifs is 1. The lowest BCUT2D eigenvalue weighted by Gasteiger charge is -2.26. The molecule has 7 nitrogen and oxygen atoms in total. The monoisotopic (exact) mass is 456 g/mol. The zero-order chi connectivity index (χ0) is 22.8. The quantitative estimate of drug-likeness (QED) is 0.407. The van der Waals surface area contributed by atoms with E-state index >= 15 is 0 Å². The molecule has 0 saturated carbocycles. The van der Waals surface area contributed by atoms with E-state index in [1.165, 1.54) is 4.90 Å². The van der Waals surface area contributed by atoms with Gasteiger partial charge in [-0.1, -0.05) is 23.7 Å². The van der Waals surface area contributed by atoms with Gasteiger partial charge in [0.2, 0.25) is 0 Å². The Morgan fingerprint density at radius 2 is 1.78 bits per heavy atom. The van der Waals surface area contributed by atoms with Gasteiger partial charge in [0.25, 0.3) is 11.7 Å². The van der Waals surface area contributed by atoms with E-state index in [2.05, 4.69) is 0 Å². The first-order valence-corrected chi connectivity index (χ1v) is 10.8. The molecule has 0 bridgehead atoms. The molecule has 0 unspecified atom stereocenters. The molecule has 32 heavy (non-hydrogen) atoms. The summed E-state index contributed by atoms with van der Waals surface area (Å²) in [5.41, 5.74) is 1.15. The number of carbonyl (C=O) groups excluding carboxylic acids is 2. The molecule has 0 aromatic heterocycles. The first-order chi connectivity index (χ1) is 15.4. The first kappa shape index (κ1) is 22.2. The van der Waals surface area contributed by atoms with Crippen LogP contribution in [0.3, 0.4) is 0 Å². The van der Waals surface area contributed by atoms with Crippen molar-refractivity contribution in [1.29, 1.82) is 0 Å². The molecule has 2 aliphatic heterocycles. The first-order valence-electron chi connectivity index (χ1n) is 10.5. The molecule has 2 heterocycles. The zero-order valence-corrected chi connectivity index (χ0v) is 18.8. The summed E-state index contributed by atoms with van der Waals surface area (Å²) in [6.07, 6.45) is 0.689. The maximum Gasteiger partial charge on any atom is 0.295 e. The highest BCUT2D eigenvalue weighted by Gasteiger charge is 2.45. The number of amides is 1. The summed E-state index contributed by atoms with van der Waals surface area (Å²) < 4.78 is 11.1. The molecular weight excluding hydrogens is 432 g/mol. The van der Waals surface area contributed by atoms with Crippen LogP contribution in [-0.2, 0) is 9.59 Å². The van der Waals surface area contributed by atoms with Crippen LogP contribution in [0.15, 0.2) is 48.0 Å². The molecule has 0 aliphatic carbocycles. The number of halogens is 1. The van der Waals surface area contributed by atoms with Crippen molar-refractivity contribution < 1.29 is 24.2 Å². The van der Waals surface area contributed by atoms with E-state index in [-0.39, 0.29) is 11.3 Å². The molecule has 1 amide bonds. The molecule has 8 heteroatoms. The molecular formula is C24H25ClN2O5. The van der Waals surface area contributed by atoms with E-state index in [0.29, 0.717) is 53.8 Å². The maximum atomic E-state index is 13.1. The predicted octanol–water partition coefficient (Wildman–Crippen LogP) is 3.48. The Morgan fingerprint density at radius 3 is 2.47 bits per heavy atom. The number of nitrogens with zero attached hydrogens (tertiary/aromatic N) is 2. The molecule has 2 aliphatic rings. The predicted molar refractivity (Wildman–Crippen MR) is 121 cm³/mol. The van der Waals surface area contributed by atoms with E-state index in [4.69, 9.17) is 21.1 Å². The molecule has 1 saturated heterocycles. The average molecular weight is 457 g/mol. The number of aliphatic hydroxyl groups excluding tert-OH is 1. The van der Waals surface area contributed by atoms with Crippen molar-refractivity contribution in [3.63, 3.8) is 0 Å². The lowest BCUT2D eigenvalue weighted by Crippen LogP contribution is -2.32. The molecule has 1 fully saturated rings. The van der Waals surface area contributed by atoms with Gasteiger partial charge in [-0.15, -0.1) is 0 Å². The molecule has 168 valence electrons. The third kappa shape index (κ3) is 4.31. The fourth-order valence-electron chi connectivity index (χ4n) is 4.01. The number of hydrogen-bond acceptors (Lipinski definition) is 6. The summed E-state index contributed by atoms with van der Waals surface area (Å²) in [5.74, 6) is -0.505. The van der Waals surface area contributed by atoms with Crippen LogP contribution in [0.25, 0.3) is 5.76 Å². The highest BCUT2D eigenvalue weighted by molar-refractivity contribution is 6.46. The van der Waals surface area contributed by atoms with Gasteiger partial charge in [0.15, 0.2) is 11.5 Å². The van der Waals surface area contributed by atoms with Gasteiger partial charge in [-0.05, 0) is 63.0 Å². The number of rotatable bonds is 6. The van der Waals surface area contributed by atoms with E-state index in [9.17, 15) is 14.7 Å². The van der Waals surface area contributed by atoms with Gasteiger partial charge >= 0.3 is 0 Å². The van der Waals surface area contributed by atoms with Crippen LogP contribution in [0.4, 0.5) is 0 Å². The van der Waals surface area contributed by atoms with E-state index in [0.717, 1.165) is 6.54 Å². The van der Waals surface area contributed by atoms with Crippen LogP contribution in [0.1, 0.15) is 23.6 Å². The van der Waals surface area contributed by atoms with Crippen molar-refractivity contribution >= 4 is 29.1 Å². The van der Waals surface area contributed by atoms with E-state index in [1.54, 1.807) is 42.5 Å². The second kappa shape index (κ2) is 9.22. The lowest BCUT2D eigenvalue weighted by atomic mass is 9.95. The Hall–Kier alpha value is -3.03. The van der Waals surface area contributed by atoms with Crippen LogP contribution in [-0.4, -0.2) is 67.0 Å². The minimum Gasteiger partial charge on any atom is -0.507 e. The highest BCUT2D eigenvalue weighted by atomic mass is 35.5. The summed E-state index contributed by atoms with van der Waals surface area (Å²) in [5, 5.41) is 11.7. The van der Waals surface area contributed by atoms with E-state index in [1.807, 2.05) is 19.0 Å². The Morgan fingerprint density at radius 1 is 1.09 bits per heavy atom. The van der Waals surface area contributed by atoms with Gasteiger partial charge in [0, 0.05) is 17.1 Å². The van der Waals surface area contributed by atoms with Crippen molar-refractivity contribution in [3.8, 4) is 11.5 Å².